The number of carbonyl (C=O) groups is 1. The molecule has 6 nitrogen and oxygen atoms in total. The number of rotatable bonds is 7. The molecule has 0 spiro atoms. The number of amides is 1. The van der Waals surface area contributed by atoms with Gasteiger partial charge in [-0.05, 0) is 37.0 Å². The van der Waals surface area contributed by atoms with Crippen LogP contribution in [0.3, 0.4) is 0 Å². The van der Waals surface area contributed by atoms with Gasteiger partial charge in [0.25, 0.3) is 0 Å². The van der Waals surface area contributed by atoms with Crippen molar-refractivity contribution in [3.63, 3.8) is 0 Å². The van der Waals surface area contributed by atoms with Crippen LogP contribution in [0.2, 0.25) is 0 Å². The summed E-state index contributed by atoms with van der Waals surface area (Å²) < 4.78 is 53.6. The Morgan fingerprint density at radius 3 is 2.60 bits per heavy atom. The van der Waals surface area contributed by atoms with Crippen LogP contribution in [0.15, 0.2) is 24.3 Å². The van der Waals surface area contributed by atoms with Crippen LogP contribution in [0.4, 0.5) is 8.78 Å². The lowest BCUT2D eigenvalue weighted by molar-refractivity contribution is -0.134. The molecule has 2 rings (SSSR count). The Kier molecular flexibility index (Phi) is 6.71. The number of piperidine rings is 1. The summed E-state index contributed by atoms with van der Waals surface area (Å²) in [6.07, 6.45) is 3.78. The van der Waals surface area contributed by atoms with Crippen molar-refractivity contribution in [2.45, 2.75) is 38.3 Å². The van der Waals surface area contributed by atoms with E-state index in [0.717, 1.165) is 25.5 Å². The predicted octanol–water partition coefficient (Wildman–Crippen LogP) is 1.76. The number of nitrogens with one attached hydrogen (secondary N) is 1. The van der Waals surface area contributed by atoms with E-state index >= 15 is 0 Å². The Balaban J connectivity index is 1.97. The molecular formula is C16H22F2N2O4S. The zero-order chi connectivity index (χ0) is 18.4. The number of carbonyl (C=O) groups excluding carboxylic acids is 1. The molecule has 1 atom stereocenters. The highest BCUT2D eigenvalue weighted by Gasteiger charge is 2.27. The average molecular weight is 376 g/mol. The minimum Gasteiger partial charge on any atom is -0.435 e. The number of alkyl halides is 2. The smallest absolute Gasteiger partial charge is 0.387 e. The molecule has 1 N–H and O–H groups in total. The highest BCUT2D eigenvalue weighted by molar-refractivity contribution is 7.88. The van der Waals surface area contributed by atoms with Crippen LogP contribution in [0, 0.1) is 0 Å². The highest BCUT2D eigenvalue weighted by atomic mass is 32.2. The van der Waals surface area contributed by atoms with E-state index in [9.17, 15) is 22.0 Å². The van der Waals surface area contributed by atoms with Gasteiger partial charge in [-0.3, -0.25) is 4.79 Å². The number of halogens is 2. The molecule has 1 saturated heterocycles. The van der Waals surface area contributed by atoms with Gasteiger partial charge in [-0.15, -0.1) is 0 Å². The summed E-state index contributed by atoms with van der Waals surface area (Å²) in [6.45, 7) is -2.10. The van der Waals surface area contributed by atoms with Crippen molar-refractivity contribution in [2.24, 2.45) is 0 Å². The van der Waals surface area contributed by atoms with E-state index in [2.05, 4.69) is 9.46 Å². The molecule has 25 heavy (non-hydrogen) atoms. The van der Waals surface area contributed by atoms with Crippen LogP contribution in [-0.2, 0) is 21.2 Å². The minimum absolute atomic E-state index is 0.0411. The molecule has 140 valence electrons. The van der Waals surface area contributed by atoms with Gasteiger partial charge in [-0.1, -0.05) is 12.1 Å². The first-order valence-corrected chi connectivity index (χ1v) is 9.91. The summed E-state index contributed by atoms with van der Waals surface area (Å²) in [7, 11) is -3.31. The maximum atomic E-state index is 12.6. The molecule has 1 amide bonds. The molecule has 1 aromatic carbocycles. The Morgan fingerprint density at radius 2 is 2.00 bits per heavy atom. The fourth-order valence-corrected chi connectivity index (χ4v) is 3.35. The average Bonchev–Trinajstić information content (AvgIpc) is 2.54. The van der Waals surface area contributed by atoms with E-state index in [1.54, 1.807) is 17.0 Å². The number of hydrogen-bond donors (Lipinski definition) is 1. The monoisotopic (exact) mass is 376 g/mol. The third-order valence-electron chi connectivity index (χ3n) is 4.03. The van der Waals surface area contributed by atoms with E-state index in [0.29, 0.717) is 12.1 Å². The topological polar surface area (TPSA) is 75.7 Å². The number of hydrogen-bond acceptors (Lipinski definition) is 4. The van der Waals surface area contributed by atoms with Crippen LogP contribution in [-0.4, -0.2) is 51.2 Å². The largest absolute Gasteiger partial charge is 0.435 e. The molecule has 1 heterocycles. The Bertz CT molecular complexity index is 680. The van der Waals surface area contributed by atoms with Crippen molar-refractivity contribution in [1.82, 2.24) is 9.62 Å². The van der Waals surface area contributed by atoms with Crippen LogP contribution in [0.5, 0.6) is 5.75 Å². The lowest BCUT2D eigenvalue weighted by Gasteiger charge is -2.36. The summed E-state index contributed by atoms with van der Waals surface area (Å²) in [4.78, 5) is 14.3. The highest BCUT2D eigenvalue weighted by Crippen LogP contribution is 2.20. The fourth-order valence-electron chi connectivity index (χ4n) is 2.85. The molecule has 0 saturated carbocycles. The first-order valence-electron chi connectivity index (χ1n) is 8.02. The van der Waals surface area contributed by atoms with Crippen molar-refractivity contribution in [1.29, 1.82) is 0 Å². The molecular weight excluding hydrogens is 354 g/mol. The quantitative estimate of drug-likeness (QED) is 0.787. The predicted molar refractivity (Wildman–Crippen MR) is 89.0 cm³/mol. The fraction of sp³-hybridized carbons (Fsp3) is 0.562. The van der Waals surface area contributed by atoms with Crippen molar-refractivity contribution >= 4 is 15.9 Å². The van der Waals surface area contributed by atoms with Gasteiger partial charge >= 0.3 is 6.61 Å². The molecule has 0 bridgehead atoms. The van der Waals surface area contributed by atoms with Gasteiger partial charge in [0, 0.05) is 19.1 Å². The van der Waals surface area contributed by atoms with Crippen LogP contribution in [0.25, 0.3) is 0 Å². The van der Waals surface area contributed by atoms with Crippen LogP contribution in [0.1, 0.15) is 24.8 Å². The molecule has 1 aromatic rings. The van der Waals surface area contributed by atoms with Gasteiger partial charge in [0.05, 0.1) is 12.7 Å². The van der Waals surface area contributed by atoms with Gasteiger partial charge in [0.15, 0.2) is 0 Å². The Labute approximate surface area is 146 Å². The second-order valence-corrected chi connectivity index (χ2v) is 7.89. The number of sulfonamides is 1. The van der Waals surface area contributed by atoms with Gasteiger partial charge in [-0.25, -0.2) is 13.1 Å². The van der Waals surface area contributed by atoms with Crippen molar-refractivity contribution < 1.29 is 26.7 Å². The molecule has 1 fully saturated rings. The van der Waals surface area contributed by atoms with Crippen molar-refractivity contribution in [2.75, 3.05) is 19.3 Å². The zero-order valence-corrected chi connectivity index (χ0v) is 14.8. The number of likely N-dealkylation sites (tertiary alicyclic amines) is 1. The standard InChI is InChI=1S/C16H22F2N2O4S/c1-25(22,23)19-11-13-4-2-3-9-20(13)15(21)10-12-5-7-14(8-6-12)24-16(17)18/h5-8,13,16,19H,2-4,9-11H2,1H3. The van der Waals surface area contributed by atoms with Crippen LogP contribution >= 0.6 is 0 Å². The van der Waals surface area contributed by atoms with E-state index in [4.69, 9.17) is 0 Å². The first kappa shape index (κ1) is 19.6. The lowest BCUT2D eigenvalue weighted by Crippen LogP contribution is -2.49. The number of benzene rings is 1. The van der Waals surface area contributed by atoms with Gasteiger partial charge < -0.3 is 9.64 Å². The van der Waals surface area contributed by atoms with Crippen LogP contribution < -0.4 is 9.46 Å². The summed E-state index contributed by atoms with van der Waals surface area (Å²) >= 11 is 0. The first-order chi connectivity index (χ1) is 11.7. The SMILES string of the molecule is CS(=O)(=O)NCC1CCCCN1C(=O)Cc1ccc(OC(F)F)cc1. The maximum Gasteiger partial charge on any atom is 0.387 e. The second-order valence-electron chi connectivity index (χ2n) is 6.06. The molecule has 0 aromatic heterocycles. The summed E-state index contributed by atoms with van der Waals surface area (Å²) in [5, 5.41) is 0. The van der Waals surface area contributed by atoms with E-state index in [-0.39, 0.29) is 30.7 Å². The third kappa shape index (κ3) is 6.58. The molecule has 1 unspecified atom stereocenters. The van der Waals surface area contributed by atoms with Gasteiger partial charge in [-0.2, -0.15) is 8.78 Å². The lowest BCUT2D eigenvalue weighted by atomic mass is 10.0. The molecule has 9 heteroatoms. The molecule has 1 aliphatic rings. The van der Waals surface area contributed by atoms with Gasteiger partial charge in [0.1, 0.15) is 5.75 Å². The molecule has 1 aliphatic heterocycles. The minimum atomic E-state index is -3.31. The van der Waals surface area contributed by atoms with E-state index in [1.807, 2.05) is 0 Å². The van der Waals surface area contributed by atoms with E-state index < -0.39 is 16.6 Å². The molecule has 0 aliphatic carbocycles. The zero-order valence-electron chi connectivity index (χ0n) is 14.0. The number of nitrogens with zero attached hydrogens (tertiary/aromatic N) is 1. The second kappa shape index (κ2) is 8.57. The van der Waals surface area contributed by atoms with Crippen molar-refractivity contribution in [3.05, 3.63) is 29.8 Å². The summed E-state index contributed by atoms with van der Waals surface area (Å²) in [5.41, 5.74) is 0.687. The third-order valence-corrected chi connectivity index (χ3v) is 4.72. The van der Waals surface area contributed by atoms with Crippen molar-refractivity contribution in [3.8, 4) is 5.75 Å². The Hall–Kier alpha value is -1.74. The van der Waals surface area contributed by atoms with Gasteiger partial charge in [0.2, 0.25) is 15.9 Å². The Morgan fingerprint density at radius 1 is 1.32 bits per heavy atom. The summed E-state index contributed by atoms with van der Waals surface area (Å²) in [6, 6.07) is 5.77. The molecule has 0 radical (unpaired) electrons. The number of ether oxygens (including phenoxy) is 1. The normalized spacial score (nSPS) is 18.4. The maximum absolute atomic E-state index is 12.6. The van der Waals surface area contributed by atoms with E-state index in [1.165, 1.54) is 12.1 Å². The summed E-state index contributed by atoms with van der Waals surface area (Å²) in [5.74, 6) is -0.0677.